The second kappa shape index (κ2) is 5.01. The van der Waals surface area contributed by atoms with E-state index in [4.69, 9.17) is 5.73 Å². The van der Waals surface area contributed by atoms with Crippen LogP contribution in [0.5, 0.6) is 0 Å². The Kier molecular flexibility index (Phi) is 3.17. The highest BCUT2D eigenvalue weighted by Crippen LogP contribution is 2.32. The van der Waals surface area contributed by atoms with Gasteiger partial charge in [0, 0.05) is 23.0 Å². The van der Waals surface area contributed by atoms with Gasteiger partial charge in [0.25, 0.3) is 0 Å². The van der Waals surface area contributed by atoms with E-state index in [1.807, 2.05) is 6.92 Å². The van der Waals surface area contributed by atoms with Crippen LogP contribution in [0, 0.1) is 18.6 Å². The number of rotatable bonds is 2. The minimum atomic E-state index is -0.526. The first-order chi connectivity index (χ1) is 10.1. The molecule has 3 aromatic rings. The maximum atomic E-state index is 14.2. The van der Waals surface area contributed by atoms with Gasteiger partial charge < -0.3 is 11.1 Å². The Balaban J connectivity index is 2.19. The standard InChI is InChI=1S/C16H13F2N3/c1-9-4-5-10(17)7-14(9)21-16-12(18)8-13(19)11-3-2-6-20-15(11)16/h2-8,21H,19H2,1H3. The molecule has 3 nitrogen and oxygen atoms in total. The predicted octanol–water partition coefficient (Wildman–Crippen LogP) is 4.15. The number of fused-ring (bicyclic) bond motifs is 1. The van der Waals surface area contributed by atoms with Crippen LogP contribution in [0.4, 0.5) is 25.8 Å². The van der Waals surface area contributed by atoms with Gasteiger partial charge in [-0.25, -0.2) is 8.78 Å². The predicted molar refractivity (Wildman–Crippen MR) is 80.5 cm³/mol. The number of aromatic nitrogens is 1. The fourth-order valence-corrected chi connectivity index (χ4v) is 2.22. The zero-order valence-corrected chi connectivity index (χ0v) is 11.3. The molecule has 21 heavy (non-hydrogen) atoms. The highest BCUT2D eigenvalue weighted by Gasteiger charge is 2.13. The van der Waals surface area contributed by atoms with Crippen LogP contribution in [-0.2, 0) is 0 Å². The highest BCUT2D eigenvalue weighted by molar-refractivity contribution is 5.99. The van der Waals surface area contributed by atoms with Crippen molar-refractivity contribution >= 4 is 28.0 Å². The van der Waals surface area contributed by atoms with Gasteiger partial charge in [0.1, 0.15) is 11.5 Å². The van der Waals surface area contributed by atoms with E-state index < -0.39 is 11.6 Å². The van der Waals surface area contributed by atoms with E-state index in [2.05, 4.69) is 10.3 Å². The molecule has 0 spiro atoms. The van der Waals surface area contributed by atoms with E-state index in [-0.39, 0.29) is 5.69 Å². The van der Waals surface area contributed by atoms with Crippen molar-refractivity contribution in [1.29, 1.82) is 0 Å². The summed E-state index contributed by atoms with van der Waals surface area (Å²) in [5.41, 5.74) is 8.02. The summed E-state index contributed by atoms with van der Waals surface area (Å²) in [5, 5.41) is 3.57. The second-order valence-corrected chi connectivity index (χ2v) is 4.81. The summed E-state index contributed by atoms with van der Waals surface area (Å²) in [6.07, 6.45) is 1.56. The molecule has 0 atom stereocenters. The number of halogens is 2. The quantitative estimate of drug-likeness (QED) is 0.695. The second-order valence-electron chi connectivity index (χ2n) is 4.81. The topological polar surface area (TPSA) is 50.9 Å². The zero-order chi connectivity index (χ0) is 15.0. The fraction of sp³-hybridized carbons (Fsp3) is 0.0625. The Morgan fingerprint density at radius 3 is 2.76 bits per heavy atom. The van der Waals surface area contributed by atoms with Crippen LogP contribution >= 0.6 is 0 Å². The van der Waals surface area contributed by atoms with E-state index >= 15 is 0 Å². The molecule has 0 aliphatic rings. The fourth-order valence-electron chi connectivity index (χ4n) is 2.22. The van der Waals surface area contributed by atoms with Crippen molar-refractivity contribution < 1.29 is 8.78 Å². The van der Waals surface area contributed by atoms with Crippen molar-refractivity contribution in [2.75, 3.05) is 11.1 Å². The van der Waals surface area contributed by atoms with Gasteiger partial charge in [-0.2, -0.15) is 0 Å². The molecule has 0 fully saturated rings. The van der Waals surface area contributed by atoms with Gasteiger partial charge in [-0.3, -0.25) is 4.98 Å². The molecule has 0 aliphatic carbocycles. The summed E-state index contributed by atoms with van der Waals surface area (Å²) in [7, 11) is 0. The number of anilines is 3. The van der Waals surface area contributed by atoms with Crippen LogP contribution in [0.1, 0.15) is 5.56 Å². The first-order valence-electron chi connectivity index (χ1n) is 6.42. The Hall–Kier alpha value is -2.69. The van der Waals surface area contributed by atoms with Crippen molar-refractivity contribution in [2.24, 2.45) is 0 Å². The number of nitrogen functional groups attached to an aromatic ring is 1. The van der Waals surface area contributed by atoms with E-state index in [1.165, 1.54) is 18.2 Å². The van der Waals surface area contributed by atoms with Crippen LogP contribution in [0.25, 0.3) is 10.9 Å². The summed E-state index contributed by atoms with van der Waals surface area (Å²) in [6, 6.07) is 9.04. The van der Waals surface area contributed by atoms with E-state index in [0.717, 1.165) is 5.56 Å². The largest absolute Gasteiger partial charge is 0.398 e. The van der Waals surface area contributed by atoms with Crippen LogP contribution in [0.15, 0.2) is 42.6 Å². The van der Waals surface area contributed by atoms with Crippen molar-refractivity contribution in [3.8, 4) is 0 Å². The first-order valence-corrected chi connectivity index (χ1v) is 6.42. The Bertz CT molecular complexity index is 831. The average molecular weight is 285 g/mol. The number of benzene rings is 2. The third-order valence-corrected chi connectivity index (χ3v) is 3.34. The van der Waals surface area contributed by atoms with Gasteiger partial charge in [-0.15, -0.1) is 0 Å². The zero-order valence-electron chi connectivity index (χ0n) is 11.3. The smallest absolute Gasteiger partial charge is 0.150 e. The first kappa shape index (κ1) is 13.3. The van der Waals surface area contributed by atoms with Crippen molar-refractivity contribution in [3.05, 3.63) is 59.8 Å². The monoisotopic (exact) mass is 285 g/mol. The number of hydrogen-bond donors (Lipinski definition) is 2. The van der Waals surface area contributed by atoms with Gasteiger partial charge in [0.05, 0.1) is 5.52 Å². The molecule has 106 valence electrons. The molecule has 0 aliphatic heterocycles. The molecular weight excluding hydrogens is 272 g/mol. The number of nitrogens with two attached hydrogens (primary N) is 1. The lowest BCUT2D eigenvalue weighted by Gasteiger charge is -2.13. The summed E-state index contributed by atoms with van der Waals surface area (Å²) in [6.45, 7) is 1.81. The number of nitrogens with zero attached hydrogens (tertiary/aromatic N) is 1. The van der Waals surface area contributed by atoms with Crippen molar-refractivity contribution in [2.45, 2.75) is 6.92 Å². The summed E-state index contributed by atoms with van der Waals surface area (Å²) in [5.74, 6) is -0.918. The normalized spacial score (nSPS) is 10.8. The van der Waals surface area contributed by atoms with Gasteiger partial charge in [-0.1, -0.05) is 6.07 Å². The van der Waals surface area contributed by atoms with Crippen LogP contribution in [0.3, 0.4) is 0 Å². The Morgan fingerprint density at radius 1 is 1.14 bits per heavy atom. The van der Waals surface area contributed by atoms with Crippen LogP contribution in [-0.4, -0.2) is 4.98 Å². The molecule has 0 amide bonds. The summed E-state index contributed by atoms with van der Waals surface area (Å²) >= 11 is 0. The molecule has 0 unspecified atom stereocenters. The van der Waals surface area contributed by atoms with E-state index in [9.17, 15) is 8.78 Å². The number of pyridine rings is 1. The van der Waals surface area contributed by atoms with Crippen molar-refractivity contribution in [1.82, 2.24) is 4.98 Å². The Labute approximate surface area is 120 Å². The molecule has 5 heteroatoms. The maximum Gasteiger partial charge on any atom is 0.150 e. The van der Waals surface area contributed by atoms with Crippen LogP contribution in [0.2, 0.25) is 0 Å². The maximum absolute atomic E-state index is 14.2. The van der Waals surface area contributed by atoms with Crippen LogP contribution < -0.4 is 11.1 Å². The molecular formula is C16H13F2N3. The molecule has 0 radical (unpaired) electrons. The molecule has 0 saturated heterocycles. The lowest BCUT2D eigenvalue weighted by Crippen LogP contribution is -2.01. The molecule has 0 saturated carbocycles. The molecule has 2 aromatic carbocycles. The summed E-state index contributed by atoms with van der Waals surface area (Å²) < 4.78 is 27.6. The van der Waals surface area contributed by atoms with Gasteiger partial charge in [-0.05, 0) is 42.8 Å². The highest BCUT2D eigenvalue weighted by atomic mass is 19.1. The molecule has 0 bridgehead atoms. The summed E-state index contributed by atoms with van der Waals surface area (Å²) in [4.78, 5) is 4.17. The lowest BCUT2D eigenvalue weighted by molar-refractivity contribution is 0.627. The molecule has 3 N–H and O–H groups in total. The molecule has 3 rings (SSSR count). The average Bonchev–Trinajstić information content (AvgIpc) is 2.47. The van der Waals surface area contributed by atoms with Gasteiger partial charge in [0.15, 0.2) is 5.82 Å². The minimum Gasteiger partial charge on any atom is -0.398 e. The third-order valence-electron chi connectivity index (χ3n) is 3.34. The number of hydrogen-bond acceptors (Lipinski definition) is 3. The molecule has 1 heterocycles. The van der Waals surface area contributed by atoms with E-state index in [0.29, 0.717) is 22.3 Å². The number of aryl methyl sites for hydroxylation is 1. The third kappa shape index (κ3) is 2.38. The lowest BCUT2D eigenvalue weighted by atomic mass is 10.1. The SMILES string of the molecule is Cc1ccc(F)cc1Nc1c(F)cc(N)c2cccnc12. The Morgan fingerprint density at radius 2 is 1.95 bits per heavy atom. The molecule has 1 aromatic heterocycles. The van der Waals surface area contributed by atoms with E-state index in [1.54, 1.807) is 24.4 Å². The van der Waals surface area contributed by atoms with Gasteiger partial charge in [0.2, 0.25) is 0 Å². The minimum absolute atomic E-state index is 0.188. The van der Waals surface area contributed by atoms with Gasteiger partial charge >= 0.3 is 0 Å². The number of nitrogens with one attached hydrogen (secondary N) is 1. The van der Waals surface area contributed by atoms with Crippen molar-refractivity contribution in [3.63, 3.8) is 0 Å².